The third kappa shape index (κ3) is 4.71. The van der Waals surface area contributed by atoms with E-state index in [1.807, 2.05) is 30.3 Å². The second-order valence-electron chi connectivity index (χ2n) is 5.68. The maximum Gasteiger partial charge on any atom is 0.237 e. The van der Waals surface area contributed by atoms with Crippen LogP contribution in [0.5, 0.6) is 0 Å². The molecule has 1 amide bonds. The van der Waals surface area contributed by atoms with Crippen LogP contribution in [0.2, 0.25) is 15.1 Å². The number of hydrogen-bond donors (Lipinski definition) is 2. The lowest BCUT2D eigenvalue weighted by Crippen LogP contribution is -2.23. The fourth-order valence-electron chi connectivity index (χ4n) is 2.28. The van der Waals surface area contributed by atoms with Crippen LogP contribution >= 0.6 is 46.6 Å². The Balaban J connectivity index is 1.72. The predicted molar refractivity (Wildman–Crippen MR) is 113 cm³/mol. The van der Waals surface area contributed by atoms with Crippen molar-refractivity contribution in [1.82, 2.24) is 9.66 Å². The largest absolute Gasteiger partial charge is 0.337 e. The van der Waals surface area contributed by atoms with Gasteiger partial charge in [-0.2, -0.15) is 0 Å². The van der Waals surface area contributed by atoms with E-state index in [9.17, 15) is 4.79 Å². The number of carbonyl (C=O) groups is 1. The van der Waals surface area contributed by atoms with Gasteiger partial charge in [-0.25, -0.2) is 9.66 Å². The summed E-state index contributed by atoms with van der Waals surface area (Å²) < 4.78 is 1.41. The smallest absolute Gasteiger partial charge is 0.237 e. The van der Waals surface area contributed by atoms with Gasteiger partial charge in [0.05, 0.1) is 37.9 Å². The van der Waals surface area contributed by atoms with Gasteiger partial charge < -0.3 is 11.2 Å². The number of hydrogen-bond acceptors (Lipinski definition) is 4. The van der Waals surface area contributed by atoms with E-state index in [1.165, 1.54) is 28.6 Å². The average Bonchev–Trinajstić information content (AvgIpc) is 3.01. The molecule has 0 fully saturated rings. The van der Waals surface area contributed by atoms with Gasteiger partial charge in [-0.3, -0.25) is 4.79 Å². The highest BCUT2D eigenvalue weighted by molar-refractivity contribution is 8.00. The molecule has 3 aromatic rings. The van der Waals surface area contributed by atoms with Gasteiger partial charge in [-0.15, -0.1) is 0 Å². The Labute approximate surface area is 175 Å². The average molecular weight is 442 g/mol. The molecule has 3 rings (SSSR count). The summed E-state index contributed by atoms with van der Waals surface area (Å²) >= 11 is 19.2. The van der Waals surface area contributed by atoms with Crippen LogP contribution in [0.4, 0.5) is 5.69 Å². The third-order valence-corrected chi connectivity index (χ3v) is 5.80. The Kier molecular flexibility index (Phi) is 6.22. The number of nitrogen functional groups attached to an aromatic ring is 1. The number of anilines is 1. The first-order valence-electron chi connectivity index (χ1n) is 7.87. The fourth-order valence-corrected chi connectivity index (χ4v) is 3.68. The number of carbonyl (C=O) groups excluding carboxylic acids is 1. The second kappa shape index (κ2) is 8.44. The number of nitrogens with one attached hydrogen (secondary N) is 1. The lowest BCUT2D eigenvalue weighted by Gasteiger charge is -2.13. The van der Waals surface area contributed by atoms with Gasteiger partial charge in [0.15, 0.2) is 5.16 Å². The second-order valence-corrected chi connectivity index (χ2v) is 8.21. The molecule has 0 aliphatic rings. The number of nitrogens with zero attached hydrogens (tertiary/aromatic N) is 2. The van der Waals surface area contributed by atoms with Gasteiger partial charge in [-0.05, 0) is 19.1 Å². The summed E-state index contributed by atoms with van der Waals surface area (Å²) in [5.41, 5.74) is 2.08. The first kappa shape index (κ1) is 19.9. The summed E-state index contributed by atoms with van der Waals surface area (Å²) in [6.45, 7) is 1.75. The van der Waals surface area contributed by atoms with Crippen molar-refractivity contribution in [1.29, 1.82) is 0 Å². The monoisotopic (exact) mass is 440 g/mol. The molecular weight excluding hydrogens is 427 g/mol. The molecule has 0 radical (unpaired) electrons. The molecule has 27 heavy (non-hydrogen) atoms. The first-order valence-corrected chi connectivity index (χ1v) is 9.88. The standard InChI is InChI=1S/C18H15Cl3N4OS/c1-10(17(26)23-15-8-13(20)12(19)7-14(15)21)27-18-24-16(9-25(18)22)11-5-3-2-4-6-11/h2-10H,22H2,1H3,(H,23,26)/t10-/m1/s1. The van der Waals surface area contributed by atoms with Gasteiger partial charge in [0.25, 0.3) is 0 Å². The van der Waals surface area contributed by atoms with E-state index in [0.717, 1.165) is 11.3 Å². The van der Waals surface area contributed by atoms with Crippen molar-refractivity contribution < 1.29 is 4.79 Å². The van der Waals surface area contributed by atoms with Crippen LogP contribution in [-0.4, -0.2) is 20.8 Å². The van der Waals surface area contributed by atoms with Crippen molar-refractivity contribution in [3.8, 4) is 11.3 Å². The minimum Gasteiger partial charge on any atom is -0.337 e. The normalized spacial score (nSPS) is 12.0. The van der Waals surface area contributed by atoms with Crippen LogP contribution in [0.3, 0.4) is 0 Å². The molecule has 0 unspecified atom stereocenters. The van der Waals surface area contributed by atoms with Crippen molar-refractivity contribution in [2.45, 2.75) is 17.3 Å². The van der Waals surface area contributed by atoms with Crippen molar-refractivity contribution in [3.63, 3.8) is 0 Å². The minimum absolute atomic E-state index is 0.260. The maximum atomic E-state index is 12.5. The van der Waals surface area contributed by atoms with Crippen molar-refractivity contribution in [3.05, 3.63) is 63.7 Å². The molecule has 0 aliphatic carbocycles. The van der Waals surface area contributed by atoms with Gasteiger partial charge in [-0.1, -0.05) is 76.9 Å². The zero-order valence-corrected chi connectivity index (χ0v) is 17.2. The van der Waals surface area contributed by atoms with Crippen LogP contribution in [0.1, 0.15) is 6.92 Å². The Morgan fingerprint density at radius 1 is 1.15 bits per heavy atom. The highest BCUT2D eigenvalue weighted by Gasteiger charge is 2.20. The van der Waals surface area contributed by atoms with E-state index in [1.54, 1.807) is 13.1 Å². The lowest BCUT2D eigenvalue weighted by atomic mass is 10.2. The van der Waals surface area contributed by atoms with Gasteiger partial charge >= 0.3 is 0 Å². The van der Waals surface area contributed by atoms with Crippen molar-refractivity contribution in [2.24, 2.45) is 0 Å². The number of imidazole rings is 1. The summed E-state index contributed by atoms with van der Waals surface area (Å²) in [5.74, 6) is 5.73. The van der Waals surface area contributed by atoms with E-state index in [0.29, 0.717) is 25.9 Å². The summed E-state index contributed by atoms with van der Waals surface area (Å²) in [7, 11) is 0. The van der Waals surface area contributed by atoms with Crippen LogP contribution < -0.4 is 11.2 Å². The van der Waals surface area contributed by atoms with E-state index in [4.69, 9.17) is 40.6 Å². The molecule has 0 spiro atoms. The Bertz CT molecular complexity index is 978. The van der Waals surface area contributed by atoms with Crippen LogP contribution in [0.25, 0.3) is 11.3 Å². The number of nitrogens with two attached hydrogens (primary N) is 1. The molecule has 0 bridgehead atoms. The molecule has 1 aromatic heterocycles. The topological polar surface area (TPSA) is 72.9 Å². The first-order chi connectivity index (χ1) is 12.8. The molecule has 0 saturated heterocycles. The fraction of sp³-hybridized carbons (Fsp3) is 0.111. The molecule has 0 saturated carbocycles. The number of aromatic nitrogens is 2. The Hall–Kier alpha value is -1.86. The van der Waals surface area contributed by atoms with E-state index in [-0.39, 0.29) is 5.91 Å². The molecule has 5 nitrogen and oxygen atoms in total. The van der Waals surface area contributed by atoms with E-state index >= 15 is 0 Å². The highest BCUT2D eigenvalue weighted by atomic mass is 35.5. The zero-order chi connectivity index (χ0) is 19.6. The Morgan fingerprint density at radius 3 is 2.52 bits per heavy atom. The van der Waals surface area contributed by atoms with Gasteiger partial charge in [0.2, 0.25) is 5.91 Å². The minimum atomic E-state index is -0.469. The maximum absolute atomic E-state index is 12.5. The predicted octanol–water partition coefficient (Wildman–Crippen LogP) is 5.34. The number of rotatable bonds is 5. The van der Waals surface area contributed by atoms with Crippen molar-refractivity contribution >= 4 is 58.2 Å². The molecule has 1 atom stereocenters. The van der Waals surface area contributed by atoms with Gasteiger partial charge in [0, 0.05) is 5.56 Å². The molecule has 1 heterocycles. The molecule has 3 N–H and O–H groups in total. The van der Waals surface area contributed by atoms with Crippen LogP contribution in [-0.2, 0) is 4.79 Å². The SMILES string of the molecule is C[C@@H](Sc1nc(-c2ccccc2)cn1N)C(=O)Nc1cc(Cl)c(Cl)cc1Cl. The lowest BCUT2D eigenvalue weighted by molar-refractivity contribution is -0.115. The zero-order valence-electron chi connectivity index (χ0n) is 14.1. The number of halogens is 3. The van der Waals surface area contributed by atoms with E-state index < -0.39 is 5.25 Å². The summed E-state index contributed by atoms with van der Waals surface area (Å²) in [6.07, 6.45) is 1.72. The quantitative estimate of drug-likeness (QED) is 0.318. The van der Waals surface area contributed by atoms with Crippen LogP contribution in [0.15, 0.2) is 53.8 Å². The number of amides is 1. The molecule has 2 aromatic carbocycles. The molecule has 9 heteroatoms. The summed E-state index contributed by atoms with van der Waals surface area (Å²) in [5, 5.41) is 3.73. The summed E-state index contributed by atoms with van der Waals surface area (Å²) in [4.78, 5) is 17.0. The summed E-state index contributed by atoms with van der Waals surface area (Å²) in [6, 6.07) is 12.7. The molecular formula is C18H15Cl3N4OS. The highest BCUT2D eigenvalue weighted by Crippen LogP contribution is 2.33. The van der Waals surface area contributed by atoms with Crippen molar-refractivity contribution in [2.75, 3.05) is 11.2 Å². The van der Waals surface area contributed by atoms with Gasteiger partial charge in [0.1, 0.15) is 0 Å². The number of thioether (sulfide) groups is 1. The Morgan fingerprint density at radius 2 is 1.81 bits per heavy atom. The molecule has 140 valence electrons. The van der Waals surface area contributed by atoms with Crippen LogP contribution in [0, 0.1) is 0 Å². The number of benzene rings is 2. The molecule has 0 aliphatic heterocycles. The van der Waals surface area contributed by atoms with E-state index in [2.05, 4.69) is 10.3 Å². The third-order valence-electron chi connectivity index (χ3n) is 3.69.